The quantitative estimate of drug-likeness (QED) is 0.687. The van der Waals surface area contributed by atoms with Crippen LogP contribution in [0.3, 0.4) is 0 Å². The number of H-pyrrole nitrogens is 1. The van der Waals surface area contributed by atoms with Crippen molar-refractivity contribution < 1.29 is 4.79 Å². The minimum Gasteiger partial charge on any atom is -0.352 e. The van der Waals surface area contributed by atoms with Crippen LogP contribution in [-0.2, 0) is 4.79 Å². The predicted molar refractivity (Wildman–Crippen MR) is 104 cm³/mol. The second-order valence-corrected chi connectivity index (χ2v) is 8.72. The molecule has 0 saturated heterocycles. The molecule has 0 spiro atoms. The molecule has 7 heteroatoms. The summed E-state index contributed by atoms with van der Waals surface area (Å²) in [6.07, 6.45) is 3.53. The van der Waals surface area contributed by atoms with Crippen LogP contribution in [0.25, 0.3) is 16.8 Å². The van der Waals surface area contributed by atoms with Gasteiger partial charge in [0.15, 0.2) is 5.16 Å². The first kappa shape index (κ1) is 17.4. The smallest absolute Gasteiger partial charge is 0.233 e. The summed E-state index contributed by atoms with van der Waals surface area (Å²) in [6, 6.07) is 8.23. The summed E-state index contributed by atoms with van der Waals surface area (Å²) in [5, 5.41) is 11.1. The maximum atomic E-state index is 12.7. The molecule has 3 aromatic rings. The highest BCUT2D eigenvalue weighted by Crippen LogP contribution is 2.30. The Labute approximate surface area is 157 Å². The normalized spacial score (nSPS) is 24.8. The lowest BCUT2D eigenvalue weighted by Crippen LogP contribution is -2.46. The zero-order valence-electron chi connectivity index (χ0n) is 15.4. The number of nitrogens with zero attached hydrogens (tertiary/aromatic N) is 3. The Bertz CT molecular complexity index is 932. The first-order valence-corrected chi connectivity index (χ1v) is 10.2. The number of hydrogen-bond donors (Lipinski definition) is 2. The lowest BCUT2D eigenvalue weighted by Gasteiger charge is -2.35. The van der Waals surface area contributed by atoms with E-state index in [9.17, 15) is 4.79 Å². The van der Waals surface area contributed by atoms with E-state index in [1.54, 1.807) is 0 Å². The Hall–Kier alpha value is -2.02. The molecule has 1 saturated carbocycles. The van der Waals surface area contributed by atoms with Gasteiger partial charge in [-0.1, -0.05) is 50.6 Å². The maximum absolute atomic E-state index is 12.7. The standard InChI is InChI=1S/C19H25N5OS/c1-11-7-6-9-14(12(11)2)20-17(25)13(3)26-19-23-22-18-21-15-8-4-5-10-16(15)24(18)19/h4-5,8,10-14H,6-7,9H2,1-3H3,(H,20,25)(H,21,22). The topological polar surface area (TPSA) is 75.1 Å². The van der Waals surface area contributed by atoms with Crippen molar-refractivity contribution >= 4 is 34.5 Å². The van der Waals surface area contributed by atoms with Gasteiger partial charge in [0.1, 0.15) is 0 Å². The average Bonchev–Trinajstić information content (AvgIpc) is 3.18. The number of carbonyl (C=O) groups excluding carboxylic acids is 1. The van der Waals surface area contributed by atoms with Gasteiger partial charge in [-0.15, -0.1) is 5.10 Å². The van der Waals surface area contributed by atoms with E-state index >= 15 is 0 Å². The van der Waals surface area contributed by atoms with E-state index in [4.69, 9.17) is 0 Å². The molecule has 0 radical (unpaired) electrons. The summed E-state index contributed by atoms with van der Waals surface area (Å²) >= 11 is 1.47. The zero-order valence-corrected chi connectivity index (χ0v) is 16.2. The summed E-state index contributed by atoms with van der Waals surface area (Å²) in [6.45, 7) is 6.48. The fourth-order valence-corrected chi connectivity index (χ4v) is 4.70. The molecule has 1 aliphatic carbocycles. The third-order valence-corrected chi connectivity index (χ3v) is 6.74. The van der Waals surface area contributed by atoms with E-state index in [2.05, 4.69) is 34.3 Å². The third-order valence-electron chi connectivity index (χ3n) is 5.69. The fraction of sp³-hybridized carbons (Fsp3) is 0.526. The van der Waals surface area contributed by atoms with Crippen LogP contribution in [0.5, 0.6) is 0 Å². The minimum atomic E-state index is -0.216. The second kappa shape index (κ2) is 6.95. The predicted octanol–water partition coefficient (Wildman–Crippen LogP) is 3.63. The Kier molecular flexibility index (Phi) is 4.65. The van der Waals surface area contributed by atoms with E-state index in [0.29, 0.717) is 17.6 Å². The van der Waals surface area contributed by atoms with Crippen molar-refractivity contribution in [2.24, 2.45) is 11.8 Å². The van der Waals surface area contributed by atoms with Gasteiger partial charge in [0.25, 0.3) is 0 Å². The molecule has 2 N–H and O–H groups in total. The molecular formula is C19H25N5OS. The number of imidazole rings is 1. The van der Waals surface area contributed by atoms with Gasteiger partial charge in [-0.3, -0.25) is 9.20 Å². The molecule has 1 amide bonds. The molecule has 1 aliphatic rings. The molecule has 138 valence electrons. The highest BCUT2D eigenvalue weighted by atomic mass is 32.2. The van der Waals surface area contributed by atoms with Gasteiger partial charge in [-0.2, -0.15) is 0 Å². The number of aromatic nitrogens is 4. The number of benzene rings is 1. The van der Waals surface area contributed by atoms with Crippen LogP contribution in [0.4, 0.5) is 0 Å². The van der Waals surface area contributed by atoms with Crippen LogP contribution < -0.4 is 5.32 Å². The van der Waals surface area contributed by atoms with Crippen molar-refractivity contribution in [3.8, 4) is 0 Å². The summed E-state index contributed by atoms with van der Waals surface area (Å²) < 4.78 is 1.98. The third kappa shape index (κ3) is 3.09. The van der Waals surface area contributed by atoms with Crippen LogP contribution >= 0.6 is 11.8 Å². The van der Waals surface area contributed by atoms with Gasteiger partial charge in [-0.05, 0) is 37.3 Å². The van der Waals surface area contributed by atoms with Crippen molar-refractivity contribution in [1.29, 1.82) is 0 Å². The molecular weight excluding hydrogens is 346 g/mol. The molecule has 0 bridgehead atoms. The van der Waals surface area contributed by atoms with E-state index in [1.807, 2.05) is 35.6 Å². The lowest BCUT2D eigenvalue weighted by atomic mass is 9.78. The SMILES string of the molecule is CC(Sc1n[nH]c2nc3ccccc3n12)C(=O)NC1CCCC(C)C1C. The Morgan fingerprint density at radius 1 is 1.35 bits per heavy atom. The molecule has 26 heavy (non-hydrogen) atoms. The molecule has 2 heterocycles. The first-order valence-electron chi connectivity index (χ1n) is 9.33. The fourth-order valence-electron chi connectivity index (χ4n) is 3.82. The molecule has 1 fully saturated rings. The zero-order chi connectivity index (χ0) is 18.3. The van der Waals surface area contributed by atoms with Crippen molar-refractivity contribution in [2.45, 2.75) is 56.5 Å². The molecule has 6 nitrogen and oxygen atoms in total. The van der Waals surface area contributed by atoms with Gasteiger partial charge in [0, 0.05) is 6.04 Å². The maximum Gasteiger partial charge on any atom is 0.233 e. The van der Waals surface area contributed by atoms with Crippen molar-refractivity contribution in [1.82, 2.24) is 24.9 Å². The Morgan fingerprint density at radius 2 is 2.15 bits per heavy atom. The molecule has 4 rings (SSSR count). The Morgan fingerprint density at radius 3 is 3.00 bits per heavy atom. The van der Waals surface area contributed by atoms with Crippen LogP contribution in [0.15, 0.2) is 29.4 Å². The number of thioether (sulfide) groups is 1. The van der Waals surface area contributed by atoms with Gasteiger partial charge in [-0.25, -0.2) is 10.1 Å². The summed E-state index contributed by atoms with van der Waals surface area (Å²) in [7, 11) is 0. The van der Waals surface area contributed by atoms with E-state index in [1.165, 1.54) is 24.6 Å². The summed E-state index contributed by atoms with van der Waals surface area (Å²) in [5.41, 5.74) is 1.92. The average molecular weight is 372 g/mol. The summed E-state index contributed by atoms with van der Waals surface area (Å²) in [5.74, 6) is 1.98. The van der Waals surface area contributed by atoms with Crippen molar-refractivity contribution in [3.63, 3.8) is 0 Å². The van der Waals surface area contributed by atoms with Gasteiger partial charge in [0.05, 0.1) is 16.3 Å². The van der Waals surface area contributed by atoms with Crippen molar-refractivity contribution in [3.05, 3.63) is 24.3 Å². The summed E-state index contributed by atoms with van der Waals surface area (Å²) in [4.78, 5) is 17.3. The number of carbonyl (C=O) groups is 1. The highest BCUT2D eigenvalue weighted by Gasteiger charge is 2.30. The minimum absolute atomic E-state index is 0.0847. The van der Waals surface area contributed by atoms with E-state index in [0.717, 1.165) is 22.6 Å². The lowest BCUT2D eigenvalue weighted by molar-refractivity contribution is -0.121. The van der Waals surface area contributed by atoms with Gasteiger partial charge in [0.2, 0.25) is 11.7 Å². The van der Waals surface area contributed by atoms with E-state index in [-0.39, 0.29) is 17.2 Å². The van der Waals surface area contributed by atoms with Crippen LogP contribution in [0.2, 0.25) is 0 Å². The molecule has 2 aromatic heterocycles. The molecule has 0 aliphatic heterocycles. The molecule has 1 aromatic carbocycles. The largest absolute Gasteiger partial charge is 0.352 e. The first-order chi connectivity index (χ1) is 12.5. The highest BCUT2D eigenvalue weighted by molar-refractivity contribution is 8.00. The monoisotopic (exact) mass is 371 g/mol. The molecule has 4 unspecified atom stereocenters. The molecule has 4 atom stereocenters. The van der Waals surface area contributed by atoms with Crippen LogP contribution in [0.1, 0.15) is 40.0 Å². The Balaban J connectivity index is 1.50. The second-order valence-electron chi connectivity index (χ2n) is 7.41. The number of fused-ring (bicyclic) bond motifs is 3. The van der Waals surface area contributed by atoms with Crippen molar-refractivity contribution in [2.75, 3.05) is 0 Å². The van der Waals surface area contributed by atoms with Crippen LogP contribution in [-0.4, -0.2) is 36.8 Å². The number of hydrogen-bond acceptors (Lipinski definition) is 4. The van der Waals surface area contributed by atoms with Crippen LogP contribution in [0, 0.1) is 11.8 Å². The van der Waals surface area contributed by atoms with Gasteiger partial charge < -0.3 is 5.32 Å². The number of para-hydroxylation sites is 2. The number of rotatable bonds is 4. The number of nitrogens with one attached hydrogen (secondary N) is 2. The van der Waals surface area contributed by atoms with E-state index < -0.39 is 0 Å². The number of amides is 1. The van der Waals surface area contributed by atoms with Gasteiger partial charge >= 0.3 is 0 Å². The number of aromatic amines is 1.